The lowest BCUT2D eigenvalue weighted by molar-refractivity contribution is -0.138. The van der Waals surface area contributed by atoms with Gasteiger partial charge in [0.2, 0.25) is 0 Å². The van der Waals surface area contributed by atoms with Gasteiger partial charge in [0.05, 0.1) is 7.11 Å². The summed E-state index contributed by atoms with van der Waals surface area (Å²) in [5, 5.41) is 8.59. The molecule has 2 rings (SSSR count). The van der Waals surface area contributed by atoms with Gasteiger partial charge >= 0.3 is 5.97 Å². The fraction of sp³-hybridized carbons (Fsp3) is 0.304. The van der Waals surface area contributed by atoms with Crippen molar-refractivity contribution in [3.8, 4) is 17.6 Å². The molecule has 0 unspecified atom stereocenters. The molecule has 0 aromatic heterocycles. The van der Waals surface area contributed by atoms with Gasteiger partial charge in [-0.3, -0.25) is 0 Å². The minimum absolute atomic E-state index is 0.0609. The van der Waals surface area contributed by atoms with Crippen molar-refractivity contribution in [2.24, 2.45) is 0 Å². The zero-order chi connectivity index (χ0) is 20.6. The lowest BCUT2D eigenvalue weighted by atomic mass is 9.87. The number of benzene rings is 2. The van der Waals surface area contributed by atoms with E-state index in [0.29, 0.717) is 11.5 Å². The summed E-state index contributed by atoms with van der Waals surface area (Å²) >= 11 is 0. The van der Waals surface area contributed by atoms with Crippen molar-refractivity contribution >= 4 is 12.0 Å². The predicted molar refractivity (Wildman–Crippen MR) is 108 cm³/mol. The quantitative estimate of drug-likeness (QED) is 0.517. The largest absolute Gasteiger partial charge is 0.493 e. The number of nitrogens with zero attached hydrogens (tertiary/aromatic N) is 1. The van der Waals surface area contributed by atoms with Gasteiger partial charge in [-0.25, -0.2) is 4.79 Å². The van der Waals surface area contributed by atoms with Crippen molar-refractivity contribution in [1.82, 2.24) is 0 Å². The molecule has 2 aromatic rings. The van der Waals surface area contributed by atoms with E-state index >= 15 is 0 Å². The molecule has 0 saturated heterocycles. The fourth-order valence-corrected chi connectivity index (χ4v) is 2.48. The first-order chi connectivity index (χ1) is 13.3. The van der Waals surface area contributed by atoms with Crippen LogP contribution in [-0.4, -0.2) is 19.7 Å². The van der Waals surface area contributed by atoms with E-state index in [2.05, 4.69) is 32.9 Å². The van der Waals surface area contributed by atoms with Crippen LogP contribution in [0.2, 0.25) is 0 Å². The van der Waals surface area contributed by atoms with Crippen molar-refractivity contribution in [3.63, 3.8) is 0 Å². The van der Waals surface area contributed by atoms with Gasteiger partial charge in [-0.2, -0.15) is 5.26 Å². The molecule has 146 valence electrons. The standard InChI is InChI=1S/C23H25NO4/c1-23(2,3)19-9-5-18(6-10-19)16-28-22(25)12-8-17-7-11-20(27-14-13-24)21(15-17)26-4/h5-12,15H,14,16H2,1-4H3. The Hall–Kier alpha value is -3.26. The molecule has 0 atom stereocenters. The lowest BCUT2D eigenvalue weighted by Gasteiger charge is -2.19. The zero-order valence-electron chi connectivity index (χ0n) is 16.7. The van der Waals surface area contributed by atoms with Gasteiger partial charge in [0.1, 0.15) is 12.7 Å². The van der Waals surface area contributed by atoms with E-state index in [-0.39, 0.29) is 18.6 Å². The van der Waals surface area contributed by atoms with Gasteiger partial charge in [-0.1, -0.05) is 51.1 Å². The normalized spacial score (nSPS) is 11.1. The molecule has 5 heteroatoms. The van der Waals surface area contributed by atoms with Crippen LogP contribution in [0.25, 0.3) is 6.08 Å². The Morgan fingerprint density at radius 3 is 2.43 bits per heavy atom. The van der Waals surface area contributed by atoms with Crippen molar-refractivity contribution in [2.45, 2.75) is 32.8 Å². The van der Waals surface area contributed by atoms with Gasteiger partial charge in [-0.15, -0.1) is 0 Å². The van der Waals surface area contributed by atoms with Crippen molar-refractivity contribution in [2.75, 3.05) is 13.7 Å². The third-order valence-corrected chi connectivity index (χ3v) is 4.09. The van der Waals surface area contributed by atoms with Gasteiger partial charge in [-0.05, 0) is 40.3 Å². The maximum atomic E-state index is 12.0. The Balaban J connectivity index is 1.93. The molecular weight excluding hydrogens is 354 g/mol. The van der Waals surface area contributed by atoms with Crippen LogP contribution in [-0.2, 0) is 21.6 Å². The molecule has 0 bridgehead atoms. The number of hydrogen-bond donors (Lipinski definition) is 0. The van der Waals surface area contributed by atoms with E-state index in [4.69, 9.17) is 19.5 Å². The van der Waals surface area contributed by atoms with Crippen LogP contribution in [0.15, 0.2) is 48.5 Å². The summed E-state index contributed by atoms with van der Waals surface area (Å²) in [7, 11) is 1.52. The highest BCUT2D eigenvalue weighted by molar-refractivity contribution is 5.87. The monoisotopic (exact) mass is 379 g/mol. The number of esters is 1. The Morgan fingerprint density at radius 1 is 1.11 bits per heavy atom. The first-order valence-corrected chi connectivity index (χ1v) is 8.95. The SMILES string of the molecule is COc1cc(C=CC(=O)OCc2ccc(C(C)(C)C)cc2)ccc1OCC#N. The summed E-state index contributed by atoms with van der Waals surface area (Å²) in [5.41, 5.74) is 3.02. The summed E-state index contributed by atoms with van der Waals surface area (Å²) in [5.74, 6) is 0.538. The number of nitriles is 1. The summed E-state index contributed by atoms with van der Waals surface area (Å²) < 4.78 is 15.8. The smallest absolute Gasteiger partial charge is 0.331 e. The average Bonchev–Trinajstić information content (AvgIpc) is 2.69. The number of methoxy groups -OCH3 is 1. The molecule has 0 fully saturated rings. The maximum Gasteiger partial charge on any atom is 0.331 e. The average molecular weight is 379 g/mol. The third-order valence-electron chi connectivity index (χ3n) is 4.09. The summed E-state index contributed by atoms with van der Waals surface area (Å²) in [6.07, 6.45) is 3.01. The van der Waals surface area contributed by atoms with Crippen LogP contribution in [0, 0.1) is 11.3 Å². The van der Waals surface area contributed by atoms with E-state index in [1.54, 1.807) is 24.3 Å². The van der Waals surface area contributed by atoms with Gasteiger partial charge < -0.3 is 14.2 Å². The van der Waals surface area contributed by atoms with Crippen LogP contribution >= 0.6 is 0 Å². The van der Waals surface area contributed by atoms with E-state index in [1.807, 2.05) is 18.2 Å². The molecule has 2 aromatic carbocycles. The molecule has 0 aliphatic carbocycles. The molecule has 0 N–H and O–H groups in total. The zero-order valence-corrected chi connectivity index (χ0v) is 16.7. The topological polar surface area (TPSA) is 68.6 Å². The Labute approximate surface area is 166 Å². The maximum absolute atomic E-state index is 12.0. The Morgan fingerprint density at radius 2 is 1.82 bits per heavy atom. The van der Waals surface area contributed by atoms with E-state index in [1.165, 1.54) is 18.7 Å². The molecule has 5 nitrogen and oxygen atoms in total. The third kappa shape index (κ3) is 6.17. The Bertz CT molecular complexity index is 871. The molecule has 0 radical (unpaired) electrons. The number of hydrogen-bond acceptors (Lipinski definition) is 5. The second-order valence-corrected chi connectivity index (χ2v) is 7.25. The van der Waals surface area contributed by atoms with Gasteiger partial charge in [0.15, 0.2) is 18.1 Å². The first kappa shape index (κ1) is 21.0. The highest BCUT2D eigenvalue weighted by Gasteiger charge is 2.13. The van der Waals surface area contributed by atoms with Crippen LogP contribution in [0.5, 0.6) is 11.5 Å². The van der Waals surface area contributed by atoms with E-state index < -0.39 is 5.97 Å². The van der Waals surface area contributed by atoms with Crippen molar-refractivity contribution in [1.29, 1.82) is 5.26 Å². The molecule has 0 saturated carbocycles. The molecule has 0 aliphatic heterocycles. The van der Waals surface area contributed by atoms with Crippen LogP contribution in [0.1, 0.15) is 37.5 Å². The molecule has 0 amide bonds. The Kier molecular flexibility index (Phi) is 7.22. The summed E-state index contributed by atoms with van der Waals surface area (Å²) in [4.78, 5) is 12.0. The van der Waals surface area contributed by atoms with E-state index in [0.717, 1.165) is 11.1 Å². The molecule has 0 spiro atoms. The second kappa shape index (κ2) is 9.61. The van der Waals surface area contributed by atoms with Crippen LogP contribution in [0.4, 0.5) is 0 Å². The van der Waals surface area contributed by atoms with Crippen molar-refractivity contribution in [3.05, 3.63) is 65.2 Å². The summed E-state index contributed by atoms with van der Waals surface area (Å²) in [6.45, 7) is 6.63. The molecular formula is C23H25NO4. The second-order valence-electron chi connectivity index (χ2n) is 7.25. The first-order valence-electron chi connectivity index (χ1n) is 8.95. The number of ether oxygens (including phenoxy) is 3. The minimum Gasteiger partial charge on any atom is -0.493 e. The number of carbonyl (C=O) groups excluding carboxylic acids is 1. The fourth-order valence-electron chi connectivity index (χ4n) is 2.48. The van der Waals surface area contributed by atoms with Crippen LogP contribution < -0.4 is 9.47 Å². The van der Waals surface area contributed by atoms with Crippen LogP contribution in [0.3, 0.4) is 0 Å². The molecule has 0 heterocycles. The highest BCUT2D eigenvalue weighted by Crippen LogP contribution is 2.28. The van der Waals surface area contributed by atoms with Gasteiger partial charge in [0, 0.05) is 6.08 Å². The van der Waals surface area contributed by atoms with Gasteiger partial charge in [0.25, 0.3) is 0 Å². The number of rotatable bonds is 7. The van der Waals surface area contributed by atoms with Crippen molar-refractivity contribution < 1.29 is 19.0 Å². The number of carbonyl (C=O) groups is 1. The predicted octanol–water partition coefficient (Wildman–Crippen LogP) is 4.65. The highest BCUT2D eigenvalue weighted by atomic mass is 16.5. The van der Waals surface area contributed by atoms with E-state index in [9.17, 15) is 4.79 Å². The summed E-state index contributed by atoms with van der Waals surface area (Å²) in [6, 6.07) is 15.2. The molecule has 0 aliphatic rings. The molecule has 28 heavy (non-hydrogen) atoms. The minimum atomic E-state index is -0.427. The lowest BCUT2D eigenvalue weighted by Crippen LogP contribution is -2.10.